The summed E-state index contributed by atoms with van der Waals surface area (Å²) < 4.78 is 5.16. The second kappa shape index (κ2) is 6.95. The van der Waals surface area contributed by atoms with Crippen molar-refractivity contribution < 1.29 is 4.74 Å². The van der Waals surface area contributed by atoms with E-state index in [1.807, 2.05) is 12.1 Å². The number of methoxy groups -OCH3 is 1. The van der Waals surface area contributed by atoms with Crippen LogP contribution in [0.25, 0.3) is 0 Å². The van der Waals surface area contributed by atoms with Crippen molar-refractivity contribution in [3.63, 3.8) is 0 Å². The Labute approximate surface area is 118 Å². The van der Waals surface area contributed by atoms with Gasteiger partial charge in [-0.25, -0.2) is 0 Å². The molecule has 1 aromatic carbocycles. The number of hydrogen-bond acceptors (Lipinski definition) is 2. The van der Waals surface area contributed by atoms with Crippen molar-refractivity contribution >= 4 is 0 Å². The zero-order valence-corrected chi connectivity index (χ0v) is 13.1. The fourth-order valence-electron chi connectivity index (χ4n) is 2.07. The van der Waals surface area contributed by atoms with E-state index in [4.69, 9.17) is 10.5 Å². The molecule has 0 aliphatic carbocycles. The van der Waals surface area contributed by atoms with Gasteiger partial charge in [0.05, 0.1) is 7.11 Å². The Morgan fingerprint density at radius 3 is 2.21 bits per heavy atom. The average molecular weight is 263 g/mol. The van der Waals surface area contributed by atoms with E-state index in [1.54, 1.807) is 7.11 Å². The van der Waals surface area contributed by atoms with Crippen LogP contribution in [0.4, 0.5) is 0 Å². The molecule has 0 spiro atoms. The second-order valence-corrected chi connectivity index (χ2v) is 6.65. The molecule has 2 atom stereocenters. The van der Waals surface area contributed by atoms with Gasteiger partial charge in [0, 0.05) is 6.04 Å². The normalized spacial score (nSPS) is 15.1. The highest BCUT2D eigenvalue weighted by Gasteiger charge is 2.21. The van der Waals surface area contributed by atoms with Crippen LogP contribution in [0.5, 0.6) is 5.75 Å². The molecule has 0 saturated heterocycles. The van der Waals surface area contributed by atoms with Gasteiger partial charge in [-0.15, -0.1) is 0 Å². The first-order chi connectivity index (χ1) is 8.82. The molecule has 0 aliphatic rings. The molecule has 0 amide bonds. The summed E-state index contributed by atoms with van der Waals surface area (Å²) in [6.45, 7) is 9.16. The minimum Gasteiger partial charge on any atom is -0.497 e. The first-order valence-corrected chi connectivity index (χ1v) is 7.21. The van der Waals surface area contributed by atoms with E-state index in [1.165, 1.54) is 5.56 Å². The standard InChI is InChI=1S/C17H29NO/c1-13(17(2,3)4)12-15(18)9-6-14-7-10-16(19-5)11-8-14/h7-8,10-11,13,15H,6,9,12,18H2,1-5H3. The first kappa shape index (κ1) is 16.0. The monoisotopic (exact) mass is 263 g/mol. The van der Waals surface area contributed by atoms with Crippen molar-refractivity contribution in [2.24, 2.45) is 17.1 Å². The SMILES string of the molecule is COc1ccc(CCC(N)CC(C)C(C)(C)C)cc1. The Bertz CT molecular complexity index is 364. The van der Waals surface area contributed by atoms with Gasteiger partial charge in [-0.05, 0) is 48.3 Å². The molecular weight excluding hydrogens is 234 g/mol. The van der Waals surface area contributed by atoms with Crippen LogP contribution in [-0.4, -0.2) is 13.2 Å². The number of ether oxygens (including phenoxy) is 1. The van der Waals surface area contributed by atoms with E-state index in [2.05, 4.69) is 39.8 Å². The van der Waals surface area contributed by atoms with Gasteiger partial charge in [-0.1, -0.05) is 39.8 Å². The lowest BCUT2D eigenvalue weighted by Gasteiger charge is -2.29. The first-order valence-electron chi connectivity index (χ1n) is 7.21. The van der Waals surface area contributed by atoms with E-state index < -0.39 is 0 Å². The maximum absolute atomic E-state index is 6.25. The summed E-state index contributed by atoms with van der Waals surface area (Å²) in [6, 6.07) is 8.56. The van der Waals surface area contributed by atoms with Gasteiger partial charge in [0.15, 0.2) is 0 Å². The highest BCUT2D eigenvalue weighted by molar-refractivity contribution is 5.27. The van der Waals surface area contributed by atoms with Crippen molar-refractivity contribution in [3.8, 4) is 5.75 Å². The summed E-state index contributed by atoms with van der Waals surface area (Å²) in [5.74, 6) is 1.56. The molecule has 0 heterocycles. The molecule has 2 unspecified atom stereocenters. The van der Waals surface area contributed by atoms with E-state index in [0.717, 1.165) is 25.0 Å². The van der Waals surface area contributed by atoms with Crippen molar-refractivity contribution in [2.45, 2.75) is 53.0 Å². The molecule has 0 saturated carbocycles. The lowest BCUT2D eigenvalue weighted by Crippen LogP contribution is -2.28. The van der Waals surface area contributed by atoms with Gasteiger partial charge < -0.3 is 10.5 Å². The number of benzene rings is 1. The third-order valence-corrected chi connectivity index (χ3v) is 4.10. The van der Waals surface area contributed by atoms with Crippen LogP contribution < -0.4 is 10.5 Å². The van der Waals surface area contributed by atoms with Crippen molar-refractivity contribution in [1.82, 2.24) is 0 Å². The molecule has 19 heavy (non-hydrogen) atoms. The summed E-state index contributed by atoms with van der Waals surface area (Å²) in [6.07, 6.45) is 3.19. The van der Waals surface area contributed by atoms with Crippen LogP contribution in [0.2, 0.25) is 0 Å². The molecule has 1 aromatic rings. The molecule has 0 fully saturated rings. The molecule has 0 radical (unpaired) electrons. The lowest BCUT2D eigenvalue weighted by atomic mass is 9.78. The molecule has 1 rings (SSSR count). The fourth-order valence-corrected chi connectivity index (χ4v) is 2.07. The molecule has 0 aromatic heterocycles. The third kappa shape index (κ3) is 5.65. The molecule has 2 N–H and O–H groups in total. The molecular formula is C17H29NO. The summed E-state index contributed by atoms with van der Waals surface area (Å²) in [5.41, 5.74) is 7.93. The summed E-state index contributed by atoms with van der Waals surface area (Å²) in [5, 5.41) is 0. The molecule has 108 valence electrons. The molecule has 0 bridgehead atoms. The summed E-state index contributed by atoms with van der Waals surface area (Å²) in [7, 11) is 1.69. The minimum atomic E-state index is 0.288. The number of aryl methyl sites for hydroxylation is 1. The molecule has 0 aliphatic heterocycles. The number of rotatable bonds is 6. The van der Waals surface area contributed by atoms with Gasteiger partial charge in [0.25, 0.3) is 0 Å². The maximum atomic E-state index is 6.25. The number of nitrogens with two attached hydrogens (primary N) is 1. The van der Waals surface area contributed by atoms with Gasteiger partial charge in [-0.3, -0.25) is 0 Å². The van der Waals surface area contributed by atoms with Gasteiger partial charge >= 0.3 is 0 Å². The topological polar surface area (TPSA) is 35.2 Å². The van der Waals surface area contributed by atoms with Crippen molar-refractivity contribution in [2.75, 3.05) is 7.11 Å². The molecule has 2 nitrogen and oxygen atoms in total. The summed E-state index contributed by atoms with van der Waals surface area (Å²) >= 11 is 0. The Kier molecular flexibility index (Phi) is 5.86. The quantitative estimate of drug-likeness (QED) is 0.841. The Morgan fingerprint density at radius 1 is 1.16 bits per heavy atom. The van der Waals surface area contributed by atoms with E-state index in [0.29, 0.717) is 11.3 Å². The van der Waals surface area contributed by atoms with Crippen LogP contribution in [0.15, 0.2) is 24.3 Å². The smallest absolute Gasteiger partial charge is 0.118 e. The van der Waals surface area contributed by atoms with Crippen LogP contribution >= 0.6 is 0 Å². The average Bonchev–Trinajstić information content (AvgIpc) is 2.35. The summed E-state index contributed by atoms with van der Waals surface area (Å²) in [4.78, 5) is 0. The minimum absolute atomic E-state index is 0.288. The van der Waals surface area contributed by atoms with Crippen molar-refractivity contribution in [1.29, 1.82) is 0 Å². The van der Waals surface area contributed by atoms with Crippen LogP contribution in [0.1, 0.15) is 46.1 Å². The van der Waals surface area contributed by atoms with Crippen LogP contribution in [-0.2, 0) is 6.42 Å². The van der Waals surface area contributed by atoms with Gasteiger partial charge in [-0.2, -0.15) is 0 Å². The zero-order chi connectivity index (χ0) is 14.5. The Morgan fingerprint density at radius 2 is 1.74 bits per heavy atom. The Balaban J connectivity index is 2.39. The zero-order valence-electron chi connectivity index (χ0n) is 13.1. The Hall–Kier alpha value is -1.02. The van der Waals surface area contributed by atoms with E-state index in [-0.39, 0.29) is 6.04 Å². The van der Waals surface area contributed by atoms with Crippen LogP contribution in [0, 0.1) is 11.3 Å². The second-order valence-electron chi connectivity index (χ2n) is 6.65. The fraction of sp³-hybridized carbons (Fsp3) is 0.647. The number of hydrogen-bond donors (Lipinski definition) is 1. The predicted octanol–water partition coefficient (Wildman–Crippen LogP) is 4.03. The largest absolute Gasteiger partial charge is 0.497 e. The highest BCUT2D eigenvalue weighted by Crippen LogP contribution is 2.29. The third-order valence-electron chi connectivity index (χ3n) is 4.10. The van der Waals surface area contributed by atoms with Crippen molar-refractivity contribution in [3.05, 3.63) is 29.8 Å². The van der Waals surface area contributed by atoms with E-state index in [9.17, 15) is 0 Å². The van der Waals surface area contributed by atoms with E-state index >= 15 is 0 Å². The highest BCUT2D eigenvalue weighted by atomic mass is 16.5. The van der Waals surface area contributed by atoms with Gasteiger partial charge in [0.1, 0.15) is 5.75 Å². The lowest BCUT2D eigenvalue weighted by molar-refractivity contribution is 0.230. The van der Waals surface area contributed by atoms with Crippen LogP contribution in [0.3, 0.4) is 0 Å². The predicted molar refractivity (Wildman–Crippen MR) is 82.5 cm³/mol. The maximum Gasteiger partial charge on any atom is 0.118 e. The molecule has 2 heteroatoms. The van der Waals surface area contributed by atoms with Gasteiger partial charge in [0.2, 0.25) is 0 Å².